The Balaban J connectivity index is 1.76. The van der Waals surface area contributed by atoms with Crippen molar-refractivity contribution in [2.45, 2.75) is 23.8 Å². The molecule has 1 amide bonds. The summed E-state index contributed by atoms with van der Waals surface area (Å²) in [5, 5.41) is 3.91. The molecule has 2 nitrogen and oxygen atoms in total. The third-order valence-corrected chi connectivity index (χ3v) is 5.63. The molecule has 2 aromatic rings. The third kappa shape index (κ3) is 3.65. The van der Waals surface area contributed by atoms with Crippen LogP contribution in [0.2, 0.25) is 10.0 Å². The molecular formula is C17H14Cl2FNOS. The lowest BCUT2D eigenvalue weighted by molar-refractivity contribution is -0.121. The molecule has 0 spiro atoms. The molecule has 2 aromatic carbocycles. The number of amides is 1. The average Bonchev–Trinajstić information content (AvgIpc) is 2.52. The number of fused-ring (bicyclic) bond motifs is 1. The number of hydrogen-bond acceptors (Lipinski definition) is 2. The zero-order chi connectivity index (χ0) is 16.4. The first-order valence-corrected chi connectivity index (χ1v) is 8.94. The summed E-state index contributed by atoms with van der Waals surface area (Å²) in [4.78, 5) is 13.0. The minimum atomic E-state index is -0.236. The van der Waals surface area contributed by atoms with Crippen molar-refractivity contribution in [3.63, 3.8) is 0 Å². The topological polar surface area (TPSA) is 29.1 Å². The minimum absolute atomic E-state index is 0.104. The van der Waals surface area contributed by atoms with E-state index in [0.29, 0.717) is 20.5 Å². The quantitative estimate of drug-likeness (QED) is 0.821. The lowest BCUT2D eigenvalue weighted by atomic mass is 10.0. The van der Waals surface area contributed by atoms with E-state index < -0.39 is 0 Å². The van der Waals surface area contributed by atoms with Gasteiger partial charge in [-0.1, -0.05) is 41.4 Å². The predicted molar refractivity (Wildman–Crippen MR) is 92.8 cm³/mol. The fourth-order valence-corrected chi connectivity index (χ4v) is 4.32. The normalized spacial score (nSPS) is 16.7. The lowest BCUT2D eigenvalue weighted by Crippen LogP contribution is -2.32. The van der Waals surface area contributed by atoms with Crippen molar-refractivity contribution in [1.29, 1.82) is 0 Å². The fourth-order valence-electron chi connectivity index (χ4n) is 2.64. The van der Waals surface area contributed by atoms with Crippen molar-refractivity contribution in [3.05, 3.63) is 63.4 Å². The SMILES string of the molecule is O=C(Cc1c(Cl)cccc1Cl)NC1CCSc2c(F)cccc21. The summed E-state index contributed by atoms with van der Waals surface area (Å²) in [6.07, 6.45) is 0.871. The van der Waals surface area contributed by atoms with E-state index in [1.807, 2.05) is 6.07 Å². The van der Waals surface area contributed by atoms with Gasteiger partial charge in [-0.15, -0.1) is 11.8 Å². The maximum Gasteiger partial charge on any atom is 0.225 e. The lowest BCUT2D eigenvalue weighted by Gasteiger charge is -2.26. The minimum Gasteiger partial charge on any atom is -0.349 e. The highest BCUT2D eigenvalue weighted by molar-refractivity contribution is 7.99. The highest BCUT2D eigenvalue weighted by Crippen LogP contribution is 2.37. The Bertz CT molecular complexity index is 733. The van der Waals surface area contributed by atoms with Gasteiger partial charge in [-0.2, -0.15) is 0 Å². The first-order valence-electron chi connectivity index (χ1n) is 7.19. The van der Waals surface area contributed by atoms with Gasteiger partial charge in [0, 0.05) is 20.7 Å². The standard InChI is InChI=1S/C17H14Cl2FNOS/c18-12-4-2-5-13(19)11(12)9-16(22)21-15-7-8-23-17-10(15)3-1-6-14(17)20/h1-6,15H,7-9H2,(H,21,22). The summed E-state index contributed by atoms with van der Waals surface area (Å²) >= 11 is 13.7. The molecule has 0 saturated carbocycles. The molecule has 23 heavy (non-hydrogen) atoms. The van der Waals surface area contributed by atoms with Gasteiger partial charge in [0.15, 0.2) is 0 Å². The van der Waals surface area contributed by atoms with Crippen LogP contribution >= 0.6 is 35.0 Å². The van der Waals surface area contributed by atoms with Gasteiger partial charge in [-0.05, 0) is 35.7 Å². The second-order valence-electron chi connectivity index (χ2n) is 5.29. The summed E-state index contributed by atoms with van der Waals surface area (Å²) in [7, 11) is 0. The Morgan fingerprint density at radius 1 is 1.22 bits per heavy atom. The van der Waals surface area contributed by atoms with Crippen molar-refractivity contribution in [1.82, 2.24) is 5.32 Å². The molecule has 1 aliphatic rings. The molecule has 0 saturated heterocycles. The molecular weight excluding hydrogens is 356 g/mol. The Labute approximate surface area is 148 Å². The second-order valence-corrected chi connectivity index (χ2v) is 7.21. The Morgan fingerprint density at radius 3 is 2.65 bits per heavy atom. The largest absolute Gasteiger partial charge is 0.349 e. The summed E-state index contributed by atoms with van der Waals surface area (Å²) in [6.45, 7) is 0. The van der Waals surface area contributed by atoms with Crippen LogP contribution < -0.4 is 5.32 Å². The molecule has 1 unspecified atom stereocenters. The molecule has 0 aliphatic carbocycles. The predicted octanol–water partition coefficient (Wildman–Crippen LogP) is 5.03. The van der Waals surface area contributed by atoms with Crippen molar-refractivity contribution >= 4 is 40.9 Å². The Hall–Kier alpha value is -1.23. The Kier molecular flexibility index (Phi) is 5.14. The van der Waals surface area contributed by atoms with Gasteiger partial charge < -0.3 is 5.32 Å². The maximum absolute atomic E-state index is 13.9. The molecule has 120 valence electrons. The second kappa shape index (κ2) is 7.12. The zero-order valence-electron chi connectivity index (χ0n) is 12.1. The van der Waals surface area contributed by atoms with Gasteiger partial charge in [0.2, 0.25) is 5.91 Å². The van der Waals surface area contributed by atoms with Crippen molar-refractivity contribution in [3.8, 4) is 0 Å². The first kappa shape index (κ1) is 16.6. The number of halogens is 3. The molecule has 0 bridgehead atoms. The van der Waals surface area contributed by atoms with Gasteiger partial charge in [-0.3, -0.25) is 4.79 Å². The van der Waals surface area contributed by atoms with E-state index in [2.05, 4.69) is 5.32 Å². The van der Waals surface area contributed by atoms with E-state index in [0.717, 1.165) is 17.7 Å². The third-order valence-electron chi connectivity index (χ3n) is 3.76. The molecule has 0 aromatic heterocycles. The smallest absolute Gasteiger partial charge is 0.225 e. The van der Waals surface area contributed by atoms with E-state index in [4.69, 9.17) is 23.2 Å². The average molecular weight is 370 g/mol. The number of carbonyl (C=O) groups excluding carboxylic acids is 1. The van der Waals surface area contributed by atoms with Crippen LogP contribution in [0.5, 0.6) is 0 Å². The van der Waals surface area contributed by atoms with E-state index in [1.54, 1.807) is 24.3 Å². The summed E-state index contributed by atoms with van der Waals surface area (Å²) in [6, 6.07) is 9.94. The monoisotopic (exact) mass is 369 g/mol. The van der Waals surface area contributed by atoms with Gasteiger partial charge in [0.25, 0.3) is 0 Å². The maximum atomic E-state index is 13.9. The van der Waals surface area contributed by atoms with E-state index >= 15 is 0 Å². The number of thioether (sulfide) groups is 1. The van der Waals surface area contributed by atoms with Gasteiger partial charge >= 0.3 is 0 Å². The molecule has 0 fully saturated rings. The summed E-state index contributed by atoms with van der Waals surface area (Å²) in [5.41, 5.74) is 1.44. The van der Waals surface area contributed by atoms with Crippen LogP contribution in [-0.4, -0.2) is 11.7 Å². The van der Waals surface area contributed by atoms with E-state index in [1.165, 1.54) is 17.8 Å². The molecule has 1 atom stereocenters. The van der Waals surface area contributed by atoms with E-state index in [9.17, 15) is 9.18 Å². The molecule has 0 radical (unpaired) electrons. The number of rotatable bonds is 3. The molecule has 1 aliphatic heterocycles. The zero-order valence-corrected chi connectivity index (χ0v) is 14.4. The summed E-state index contributed by atoms with van der Waals surface area (Å²) < 4.78 is 13.9. The van der Waals surface area contributed by atoms with E-state index in [-0.39, 0.29) is 24.2 Å². The summed E-state index contributed by atoms with van der Waals surface area (Å²) in [5.74, 6) is 0.360. The number of carbonyl (C=O) groups is 1. The van der Waals surface area contributed by atoms with Gasteiger partial charge in [0.05, 0.1) is 12.5 Å². The van der Waals surface area contributed by atoms with Crippen molar-refractivity contribution in [2.24, 2.45) is 0 Å². The first-order chi connectivity index (χ1) is 11.1. The van der Waals surface area contributed by atoms with Crippen LogP contribution in [0, 0.1) is 5.82 Å². The van der Waals surface area contributed by atoms with Crippen LogP contribution in [0.3, 0.4) is 0 Å². The van der Waals surface area contributed by atoms with Crippen LogP contribution in [-0.2, 0) is 11.2 Å². The van der Waals surface area contributed by atoms with Crippen LogP contribution in [0.25, 0.3) is 0 Å². The highest BCUT2D eigenvalue weighted by atomic mass is 35.5. The van der Waals surface area contributed by atoms with Gasteiger partial charge in [0.1, 0.15) is 5.82 Å². The Morgan fingerprint density at radius 2 is 1.91 bits per heavy atom. The number of benzene rings is 2. The molecule has 3 rings (SSSR count). The van der Waals surface area contributed by atoms with Crippen LogP contribution in [0.15, 0.2) is 41.3 Å². The fraction of sp³-hybridized carbons (Fsp3) is 0.235. The number of nitrogens with one attached hydrogen (secondary N) is 1. The molecule has 1 N–H and O–H groups in total. The van der Waals surface area contributed by atoms with Crippen LogP contribution in [0.4, 0.5) is 4.39 Å². The highest BCUT2D eigenvalue weighted by Gasteiger charge is 2.24. The van der Waals surface area contributed by atoms with Crippen molar-refractivity contribution < 1.29 is 9.18 Å². The molecule has 1 heterocycles. The molecule has 6 heteroatoms. The van der Waals surface area contributed by atoms with Crippen LogP contribution in [0.1, 0.15) is 23.6 Å². The van der Waals surface area contributed by atoms with Crippen molar-refractivity contribution in [2.75, 3.05) is 5.75 Å². The number of hydrogen-bond donors (Lipinski definition) is 1. The van der Waals surface area contributed by atoms with Gasteiger partial charge in [-0.25, -0.2) is 4.39 Å².